The Hall–Kier alpha value is -3.46. The van der Waals surface area contributed by atoms with Crippen molar-refractivity contribution in [2.24, 2.45) is 23.5 Å². The number of aliphatic hydroxyl groups excluding tert-OH is 2. The number of rotatable bonds is 8. The SMILES string of the molecule is CCCCC[C@H]1c2cccc(O)c2C(O)=C2C(=O)[C@]3(O)C(O)=C(C(N)=O)C(=O)C[C@@H]3[C@@H](CC(=O)CC)[C@@H]21. The molecule has 198 valence electrons. The predicted octanol–water partition coefficient (Wildman–Crippen LogP) is 3.14. The molecule has 1 fully saturated rings. The second kappa shape index (κ2) is 9.78. The fraction of sp³-hybridized carbons (Fsp3) is 0.500. The molecular formula is C28H33NO8. The van der Waals surface area contributed by atoms with Crippen molar-refractivity contribution in [3.63, 3.8) is 0 Å². The number of phenols is 1. The molecular weight excluding hydrogens is 478 g/mol. The molecule has 6 N–H and O–H groups in total. The summed E-state index contributed by atoms with van der Waals surface area (Å²) in [6.07, 6.45) is 2.77. The number of benzene rings is 1. The number of unbranched alkanes of at least 4 members (excludes halogenated alkanes) is 2. The van der Waals surface area contributed by atoms with Gasteiger partial charge in [-0.2, -0.15) is 0 Å². The van der Waals surface area contributed by atoms with Crippen LogP contribution in [-0.4, -0.2) is 49.3 Å². The van der Waals surface area contributed by atoms with E-state index >= 15 is 0 Å². The quantitative estimate of drug-likeness (QED) is 0.261. The molecule has 0 aliphatic heterocycles. The Kier molecular flexibility index (Phi) is 7.03. The normalized spacial score (nSPS) is 29.1. The Labute approximate surface area is 214 Å². The molecule has 0 bridgehead atoms. The molecule has 0 heterocycles. The number of carbonyl (C=O) groups is 4. The van der Waals surface area contributed by atoms with Gasteiger partial charge in [0, 0.05) is 36.7 Å². The van der Waals surface area contributed by atoms with Crippen molar-refractivity contribution in [3.8, 4) is 5.75 Å². The first-order valence-corrected chi connectivity index (χ1v) is 12.8. The van der Waals surface area contributed by atoms with E-state index in [4.69, 9.17) is 5.73 Å². The van der Waals surface area contributed by atoms with Crippen molar-refractivity contribution in [2.45, 2.75) is 70.3 Å². The van der Waals surface area contributed by atoms with Crippen molar-refractivity contribution in [1.82, 2.24) is 0 Å². The molecule has 3 aliphatic rings. The second-order valence-corrected chi connectivity index (χ2v) is 10.3. The van der Waals surface area contributed by atoms with Crippen molar-refractivity contribution in [2.75, 3.05) is 0 Å². The topological polar surface area (TPSA) is 175 Å². The lowest BCUT2D eigenvalue weighted by Crippen LogP contribution is -2.62. The van der Waals surface area contributed by atoms with Crippen LogP contribution in [0.15, 0.2) is 35.1 Å². The van der Waals surface area contributed by atoms with E-state index in [9.17, 15) is 39.6 Å². The van der Waals surface area contributed by atoms with Crippen LogP contribution in [-0.2, 0) is 19.2 Å². The number of hydrogen-bond acceptors (Lipinski definition) is 8. The third-order valence-electron chi connectivity index (χ3n) is 8.34. The summed E-state index contributed by atoms with van der Waals surface area (Å²) in [5.74, 6) is -8.44. The molecule has 3 aliphatic carbocycles. The number of phenolic OH excluding ortho intramolecular Hbond substituents is 1. The Bertz CT molecular complexity index is 1240. The molecule has 0 radical (unpaired) electrons. The van der Waals surface area contributed by atoms with Gasteiger partial charge in [-0.3, -0.25) is 19.2 Å². The lowest BCUT2D eigenvalue weighted by atomic mass is 9.51. The molecule has 0 aromatic heterocycles. The van der Waals surface area contributed by atoms with Gasteiger partial charge in [0.2, 0.25) is 5.78 Å². The fourth-order valence-corrected chi connectivity index (χ4v) is 6.60. The average molecular weight is 512 g/mol. The molecule has 4 rings (SSSR count). The molecule has 1 aromatic carbocycles. The maximum Gasteiger partial charge on any atom is 0.255 e. The highest BCUT2D eigenvalue weighted by Crippen LogP contribution is 2.59. The Morgan fingerprint density at radius 3 is 2.43 bits per heavy atom. The van der Waals surface area contributed by atoms with Gasteiger partial charge in [-0.25, -0.2) is 0 Å². The van der Waals surface area contributed by atoms with Gasteiger partial charge in [-0.1, -0.05) is 45.2 Å². The highest BCUT2D eigenvalue weighted by atomic mass is 16.3. The molecule has 1 aromatic rings. The van der Waals surface area contributed by atoms with E-state index in [0.29, 0.717) is 12.0 Å². The third kappa shape index (κ3) is 3.96. The van der Waals surface area contributed by atoms with Crippen molar-refractivity contribution in [1.29, 1.82) is 0 Å². The standard InChI is InChI=1S/C28H33NO8/c1-3-5-6-8-14-15-9-7-10-18(31)21(15)24(33)23-20(14)16(11-13(30)4-2)17-12-19(32)22(27(29)36)25(34)28(17,37)26(23)35/h7,9-10,14,16-17,20,31,33-34,37H,3-6,8,11-12H2,1-2H3,(H2,29,36)/t14-,16+,17+,20-,28+/m0/s1. The second-order valence-electron chi connectivity index (χ2n) is 10.3. The first-order valence-electron chi connectivity index (χ1n) is 12.8. The summed E-state index contributed by atoms with van der Waals surface area (Å²) in [5, 5.41) is 44.7. The van der Waals surface area contributed by atoms with E-state index < -0.39 is 70.3 Å². The van der Waals surface area contributed by atoms with Crippen molar-refractivity contribution >= 4 is 29.0 Å². The van der Waals surface area contributed by atoms with Gasteiger partial charge in [-0.05, 0) is 29.9 Å². The van der Waals surface area contributed by atoms with E-state index in [-0.39, 0.29) is 35.5 Å². The molecule has 0 spiro atoms. The van der Waals surface area contributed by atoms with Gasteiger partial charge in [0.05, 0.1) is 5.56 Å². The van der Waals surface area contributed by atoms with Gasteiger partial charge in [0.15, 0.2) is 11.4 Å². The van der Waals surface area contributed by atoms with E-state index in [1.54, 1.807) is 19.1 Å². The summed E-state index contributed by atoms with van der Waals surface area (Å²) in [6, 6.07) is 4.78. The average Bonchev–Trinajstić information content (AvgIpc) is 2.84. The number of amides is 1. The fourth-order valence-electron chi connectivity index (χ4n) is 6.60. The van der Waals surface area contributed by atoms with Crippen molar-refractivity contribution < 1.29 is 39.6 Å². The molecule has 1 amide bonds. The van der Waals surface area contributed by atoms with Crippen LogP contribution in [0.2, 0.25) is 0 Å². The zero-order valence-electron chi connectivity index (χ0n) is 21.0. The van der Waals surface area contributed by atoms with Crippen LogP contribution >= 0.6 is 0 Å². The van der Waals surface area contributed by atoms with E-state index in [2.05, 4.69) is 0 Å². The number of Topliss-reactive ketones (excluding diaryl/α,β-unsaturated/α-hetero) is 3. The number of aromatic hydroxyl groups is 1. The van der Waals surface area contributed by atoms with Crippen LogP contribution in [0.4, 0.5) is 0 Å². The van der Waals surface area contributed by atoms with Gasteiger partial charge in [0.25, 0.3) is 5.91 Å². The summed E-state index contributed by atoms with van der Waals surface area (Å²) in [6.45, 7) is 3.72. The van der Waals surface area contributed by atoms with Crippen molar-refractivity contribution in [3.05, 3.63) is 46.2 Å². The largest absolute Gasteiger partial charge is 0.508 e. The van der Waals surface area contributed by atoms with Gasteiger partial charge < -0.3 is 26.2 Å². The van der Waals surface area contributed by atoms with Gasteiger partial charge >= 0.3 is 0 Å². The number of ketones is 3. The highest BCUT2D eigenvalue weighted by Gasteiger charge is 2.65. The first-order chi connectivity index (χ1) is 17.5. The summed E-state index contributed by atoms with van der Waals surface area (Å²) >= 11 is 0. The Morgan fingerprint density at radius 2 is 1.81 bits per heavy atom. The number of aliphatic hydroxyl groups is 3. The van der Waals surface area contributed by atoms with E-state index in [0.717, 1.165) is 19.3 Å². The first kappa shape index (κ1) is 26.6. The molecule has 0 unspecified atom stereocenters. The number of primary amides is 1. The smallest absolute Gasteiger partial charge is 0.255 e. The van der Waals surface area contributed by atoms with Gasteiger partial charge in [-0.15, -0.1) is 0 Å². The third-order valence-corrected chi connectivity index (χ3v) is 8.34. The minimum Gasteiger partial charge on any atom is -0.508 e. The summed E-state index contributed by atoms with van der Waals surface area (Å²) in [7, 11) is 0. The van der Waals surface area contributed by atoms with Crippen LogP contribution < -0.4 is 5.73 Å². The predicted molar refractivity (Wildman–Crippen MR) is 133 cm³/mol. The monoisotopic (exact) mass is 511 g/mol. The van der Waals surface area contributed by atoms with Crippen LogP contribution in [0.1, 0.15) is 75.8 Å². The van der Waals surface area contributed by atoms with Crippen LogP contribution in [0.25, 0.3) is 5.76 Å². The van der Waals surface area contributed by atoms with Crippen LogP contribution in [0.5, 0.6) is 5.75 Å². The number of fused-ring (bicyclic) bond motifs is 3. The molecule has 37 heavy (non-hydrogen) atoms. The lowest BCUT2D eigenvalue weighted by Gasteiger charge is -2.53. The maximum absolute atomic E-state index is 14.0. The summed E-state index contributed by atoms with van der Waals surface area (Å²) in [4.78, 5) is 51.7. The number of nitrogens with two attached hydrogens (primary N) is 1. The lowest BCUT2D eigenvalue weighted by molar-refractivity contribution is -0.155. The highest BCUT2D eigenvalue weighted by molar-refractivity contribution is 6.23. The zero-order valence-corrected chi connectivity index (χ0v) is 21.0. The van der Waals surface area contributed by atoms with Gasteiger partial charge in [0.1, 0.15) is 28.6 Å². The van der Waals surface area contributed by atoms with E-state index in [1.807, 2.05) is 6.92 Å². The molecule has 9 heteroatoms. The van der Waals surface area contributed by atoms with E-state index in [1.165, 1.54) is 6.07 Å². The summed E-state index contributed by atoms with van der Waals surface area (Å²) in [5.41, 5.74) is 2.18. The number of carbonyl (C=O) groups excluding carboxylic acids is 4. The molecule has 0 saturated heterocycles. The van der Waals surface area contributed by atoms with Crippen LogP contribution in [0, 0.1) is 17.8 Å². The zero-order chi connectivity index (χ0) is 27.2. The molecule has 9 nitrogen and oxygen atoms in total. The molecule has 5 atom stereocenters. The van der Waals surface area contributed by atoms with Crippen LogP contribution in [0.3, 0.4) is 0 Å². The minimum atomic E-state index is -2.73. The number of hydrogen-bond donors (Lipinski definition) is 5. The minimum absolute atomic E-state index is 0.0664. The Balaban J connectivity index is 2.02. The molecule has 1 saturated carbocycles. The maximum atomic E-state index is 14.0. The Morgan fingerprint density at radius 1 is 1.11 bits per heavy atom. The summed E-state index contributed by atoms with van der Waals surface area (Å²) < 4.78 is 0.